The lowest BCUT2D eigenvalue weighted by atomic mass is 10.0. The number of benzene rings is 1. The Kier molecular flexibility index (Phi) is 7.66. The summed E-state index contributed by atoms with van der Waals surface area (Å²) in [4.78, 5) is 24.6. The highest BCUT2D eigenvalue weighted by atomic mass is 32.1. The number of carbonyl (C=O) groups is 2. The first kappa shape index (κ1) is 20.0. The van der Waals surface area contributed by atoms with Crippen molar-refractivity contribution < 1.29 is 19.1 Å². The van der Waals surface area contributed by atoms with Crippen LogP contribution in [-0.2, 0) is 9.53 Å². The van der Waals surface area contributed by atoms with Gasteiger partial charge in [-0.3, -0.25) is 4.79 Å². The van der Waals surface area contributed by atoms with E-state index in [-0.39, 0.29) is 12.5 Å². The molecule has 0 atom stereocenters. The van der Waals surface area contributed by atoms with Gasteiger partial charge in [-0.2, -0.15) is 0 Å². The van der Waals surface area contributed by atoms with Crippen LogP contribution in [0.1, 0.15) is 50.4 Å². The lowest BCUT2D eigenvalue weighted by Crippen LogP contribution is -2.14. The Morgan fingerprint density at radius 3 is 2.42 bits per heavy atom. The number of nitrogens with one attached hydrogen (secondary N) is 1. The Morgan fingerprint density at radius 2 is 1.81 bits per heavy atom. The molecule has 0 saturated heterocycles. The number of hydrogen-bond acceptors (Lipinski definition) is 5. The van der Waals surface area contributed by atoms with E-state index >= 15 is 0 Å². The number of thiophene rings is 1. The second-order valence-corrected chi connectivity index (χ2v) is 6.56. The first-order valence-electron chi connectivity index (χ1n) is 8.92. The van der Waals surface area contributed by atoms with Gasteiger partial charge in [0.1, 0.15) is 16.3 Å². The van der Waals surface area contributed by atoms with Crippen LogP contribution in [-0.4, -0.2) is 25.1 Å². The summed E-state index contributed by atoms with van der Waals surface area (Å²) >= 11 is 1.34. The van der Waals surface area contributed by atoms with Crippen LogP contribution < -0.4 is 10.1 Å². The Hall–Kier alpha value is -2.34. The molecule has 0 radical (unpaired) electrons. The summed E-state index contributed by atoms with van der Waals surface area (Å²) in [5, 5.41) is 5.27. The van der Waals surface area contributed by atoms with E-state index in [2.05, 4.69) is 5.32 Å². The maximum atomic E-state index is 12.5. The molecule has 6 heteroatoms. The van der Waals surface area contributed by atoms with Gasteiger partial charge in [-0.05, 0) is 38.0 Å². The largest absolute Gasteiger partial charge is 0.494 e. The van der Waals surface area contributed by atoms with Crippen molar-refractivity contribution in [2.45, 2.75) is 40.0 Å². The number of unbranched alkanes of at least 4 members (excludes halogenated alkanes) is 1. The molecule has 1 aromatic heterocycles. The Morgan fingerprint density at radius 1 is 1.08 bits per heavy atom. The van der Waals surface area contributed by atoms with Gasteiger partial charge >= 0.3 is 5.97 Å². The van der Waals surface area contributed by atoms with Crippen molar-refractivity contribution in [1.29, 1.82) is 0 Å². The van der Waals surface area contributed by atoms with E-state index in [4.69, 9.17) is 9.47 Å². The summed E-state index contributed by atoms with van der Waals surface area (Å²) in [6, 6.07) is 7.53. The average molecular weight is 375 g/mol. The molecular formula is C20H25NO4S. The third-order valence-electron chi connectivity index (χ3n) is 3.76. The second-order valence-electron chi connectivity index (χ2n) is 5.68. The maximum absolute atomic E-state index is 12.5. The highest BCUT2D eigenvalue weighted by molar-refractivity contribution is 7.15. The number of carbonyl (C=O) groups excluding carboxylic acids is 2. The minimum absolute atomic E-state index is 0.0857. The molecular weight excluding hydrogens is 350 g/mol. The molecule has 1 heterocycles. The van der Waals surface area contributed by atoms with E-state index in [1.165, 1.54) is 11.3 Å². The van der Waals surface area contributed by atoms with Crippen LogP contribution in [0.4, 0.5) is 5.00 Å². The van der Waals surface area contributed by atoms with Crippen LogP contribution in [0.5, 0.6) is 5.75 Å². The van der Waals surface area contributed by atoms with Crippen LogP contribution in [0.25, 0.3) is 11.1 Å². The van der Waals surface area contributed by atoms with Gasteiger partial charge < -0.3 is 14.8 Å². The van der Waals surface area contributed by atoms with Gasteiger partial charge in [0.2, 0.25) is 5.91 Å². The molecule has 0 aliphatic heterocycles. The van der Waals surface area contributed by atoms with Crippen molar-refractivity contribution in [3.8, 4) is 16.9 Å². The minimum Gasteiger partial charge on any atom is -0.494 e. The fourth-order valence-electron chi connectivity index (χ4n) is 2.49. The molecule has 140 valence electrons. The molecule has 2 aromatic rings. The molecule has 0 aliphatic carbocycles. The molecule has 26 heavy (non-hydrogen) atoms. The lowest BCUT2D eigenvalue weighted by molar-refractivity contribution is -0.116. The summed E-state index contributed by atoms with van der Waals surface area (Å²) in [5.74, 6) is 0.262. The SMILES string of the molecule is CCCCC(=O)Nc1scc(-c2ccc(OCC)cc2)c1C(=O)OCC. The van der Waals surface area contributed by atoms with Crippen LogP contribution in [0.15, 0.2) is 29.6 Å². The highest BCUT2D eigenvalue weighted by Gasteiger charge is 2.22. The minimum atomic E-state index is -0.427. The molecule has 0 bridgehead atoms. The van der Waals surface area contributed by atoms with E-state index in [9.17, 15) is 9.59 Å². The fraction of sp³-hybridized carbons (Fsp3) is 0.400. The van der Waals surface area contributed by atoms with Crippen molar-refractivity contribution in [3.05, 3.63) is 35.2 Å². The summed E-state index contributed by atoms with van der Waals surface area (Å²) in [7, 11) is 0. The standard InChI is InChI=1S/C20H25NO4S/c1-4-7-8-17(22)21-19-18(20(23)25-6-3)16(13-26-19)14-9-11-15(12-10-14)24-5-2/h9-13H,4-8H2,1-3H3,(H,21,22). The van der Waals surface area contributed by atoms with Crippen LogP contribution in [0.3, 0.4) is 0 Å². The Balaban J connectivity index is 2.33. The Labute approximate surface area is 158 Å². The maximum Gasteiger partial charge on any atom is 0.341 e. The quantitative estimate of drug-likeness (QED) is 0.618. The molecule has 0 unspecified atom stereocenters. The zero-order valence-electron chi connectivity index (χ0n) is 15.5. The summed E-state index contributed by atoms with van der Waals surface area (Å²) in [6.07, 6.45) is 2.20. The average Bonchev–Trinajstić information content (AvgIpc) is 3.04. The van der Waals surface area contributed by atoms with E-state index in [1.807, 2.05) is 43.5 Å². The number of esters is 1. The molecule has 5 nitrogen and oxygen atoms in total. The zero-order chi connectivity index (χ0) is 18.9. The molecule has 0 spiro atoms. The Bertz CT molecular complexity index is 737. The third kappa shape index (κ3) is 5.08. The number of amides is 1. The molecule has 1 amide bonds. The molecule has 2 rings (SSSR count). The fourth-order valence-corrected chi connectivity index (χ4v) is 3.47. The van der Waals surface area contributed by atoms with Crippen LogP contribution in [0, 0.1) is 0 Å². The first-order valence-corrected chi connectivity index (χ1v) is 9.80. The van der Waals surface area contributed by atoms with Gasteiger partial charge in [0.15, 0.2) is 0 Å². The zero-order valence-corrected chi connectivity index (χ0v) is 16.3. The van der Waals surface area contributed by atoms with Gasteiger partial charge in [0, 0.05) is 17.4 Å². The van der Waals surface area contributed by atoms with E-state index < -0.39 is 5.97 Å². The normalized spacial score (nSPS) is 10.4. The van der Waals surface area contributed by atoms with Gasteiger partial charge in [0.25, 0.3) is 0 Å². The van der Waals surface area contributed by atoms with E-state index in [1.54, 1.807) is 6.92 Å². The first-order chi connectivity index (χ1) is 12.6. The summed E-state index contributed by atoms with van der Waals surface area (Å²) < 4.78 is 10.7. The van der Waals surface area contributed by atoms with Crippen LogP contribution in [0.2, 0.25) is 0 Å². The van der Waals surface area contributed by atoms with Crippen molar-refractivity contribution in [3.63, 3.8) is 0 Å². The number of rotatable bonds is 9. The van der Waals surface area contributed by atoms with E-state index in [0.29, 0.717) is 23.6 Å². The molecule has 1 N–H and O–H groups in total. The molecule has 0 saturated carbocycles. The van der Waals surface area contributed by atoms with Gasteiger partial charge in [-0.15, -0.1) is 11.3 Å². The third-order valence-corrected chi connectivity index (χ3v) is 4.65. The summed E-state index contributed by atoms with van der Waals surface area (Å²) in [6.45, 7) is 6.60. The number of anilines is 1. The predicted molar refractivity (Wildman–Crippen MR) is 105 cm³/mol. The van der Waals surface area contributed by atoms with Gasteiger partial charge in [-0.25, -0.2) is 4.79 Å². The van der Waals surface area contributed by atoms with Crippen molar-refractivity contribution in [2.24, 2.45) is 0 Å². The number of ether oxygens (including phenoxy) is 2. The molecule has 0 fully saturated rings. The van der Waals surface area contributed by atoms with Crippen LogP contribution >= 0.6 is 11.3 Å². The summed E-state index contributed by atoms with van der Waals surface area (Å²) in [5.41, 5.74) is 2.04. The molecule has 0 aliphatic rings. The van der Waals surface area contributed by atoms with Crippen molar-refractivity contribution in [1.82, 2.24) is 0 Å². The number of hydrogen-bond donors (Lipinski definition) is 1. The smallest absolute Gasteiger partial charge is 0.341 e. The lowest BCUT2D eigenvalue weighted by Gasteiger charge is -2.09. The van der Waals surface area contributed by atoms with Crippen molar-refractivity contribution >= 4 is 28.2 Å². The van der Waals surface area contributed by atoms with E-state index in [0.717, 1.165) is 29.7 Å². The topological polar surface area (TPSA) is 64.6 Å². The monoisotopic (exact) mass is 375 g/mol. The van der Waals surface area contributed by atoms with Gasteiger partial charge in [-0.1, -0.05) is 25.5 Å². The highest BCUT2D eigenvalue weighted by Crippen LogP contribution is 2.37. The van der Waals surface area contributed by atoms with Gasteiger partial charge in [0.05, 0.1) is 13.2 Å². The predicted octanol–water partition coefficient (Wildman–Crippen LogP) is 5.12. The second kappa shape index (κ2) is 9.97. The molecule has 1 aromatic carbocycles. The van der Waals surface area contributed by atoms with Crippen molar-refractivity contribution in [2.75, 3.05) is 18.5 Å².